The normalized spacial score (nSPS) is 18.6. The molecule has 4 amide bonds. The van der Waals surface area contributed by atoms with E-state index in [9.17, 15) is 19.6 Å². The predicted molar refractivity (Wildman–Crippen MR) is 146 cm³/mol. The van der Waals surface area contributed by atoms with Crippen molar-refractivity contribution >= 4 is 23.7 Å². The lowest BCUT2D eigenvalue weighted by Crippen LogP contribution is -2.56. The van der Waals surface area contributed by atoms with Crippen molar-refractivity contribution in [1.82, 2.24) is 20.4 Å². The molecule has 1 saturated heterocycles. The number of carbonyl (C=O) groups is 3. The second-order valence-corrected chi connectivity index (χ2v) is 9.55. The fourth-order valence-corrected chi connectivity index (χ4v) is 4.86. The molecule has 0 unspecified atom stereocenters. The average Bonchev–Trinajstić information content (AvgIpc) is 3.22. The van der Waals surface area contributed by atoms with Crippen molar-refractivity contribution in [3.8, 4) is 17.6 Å². The number of benzene rings is 2. The molecule has 4 rings (SSSR count). The number of nitrogens with one attached hydrogen (secondary N) is 2. The third-order valence-electron chi connectivity index (χ3n) is 6.80. The van der Waals surface area contributed by atoms with Gasteiger partial charge in [-0.2, -0.15) is 0 Å². The Morgan fingerprint density at radius 3 is 2.44 bits per heavy atom. The van der Waals surface area contributed by atoms with Gasteiger partial charge >= 0.3 is 6.03 Å². The molecule has 39 heavy (non-hydrogen) atoms. The second-order valence-electron chi connectivity index (χ2n) is 9.55. The van der Waals surface area contributed by atoms with E-state index in [1.165, 1.54) is 4.90 Å². The fraction of sp³-hybridized carbons (Fsp3) is 0.379. The van der Waals surface area contributed by atoms with Gasteiger partial charge in [-0.15, -0.1) is 0 Å². The van der Waals surface area contributed by atoms with E-state index >= 15 is 0 Å². The number of amides is 4. The Hall–Kier alpha value is -4.52. The smallest absolute Gasteiger partial charge is 0.323 e. The van der Waals surface area contributed by atoms with E-state index in [1.54, 1.807) is 43.5 Å². The lowest BCUT2D eigenvalue weighted by molar-refractivity contribution is -0.122. The number of methoxy groups -OCH3 is 1. The van der Waals surface area contributed by atoms with Gasteiger partial charge in [-0.1, -0.05) is 30.8 Å². The van der Waals surface area contributed by atoms with Crippen LogP contribution in [-0.2, 0) is 11.2 Å². The molecule has 10 heteroatoms. The first-order valence-electron chi connectivity index (χ1n) is 13.0. The second kappa shape index (κ2) is 11.9. The summed E-state index contributed by atoms with van der Waals surface area (Å²) in [6.07, 6.45) is 2.41. The topological polar surface area (TPSA) is 124 Å². The van der Waals surface area contributed by atoms with Crippen LogP contribution in [0.15, 0.2) is 47.6 Å². The van der Waals surface area contributed by atoms with Crippen LogP contribution in [0, 0.1) is 11.8 Å². The number of imide groups is 1. The molecule has 1 atom stereocenters. The van der Waals surface area contributed by atoms with Crippen LogP contribution in [0.5, 0.6) is 5.75 Å². The standard InChI is InChI=1S/C29H33N5O5/c1-4-15-33(16-5-2)25(32-38)21-8-6-20(7-9-21)12-14-29(27(36)30-28(37)31-29)19-34-17-13-22-18-23(39-3)10-11-24(22)26(34)35/h6-11,18,38H,4-5,13,15-17,19H2,1-3H3,(H2,30,31,36,37)/b32-25+/t29-/m1/s1. The maximum atomic E-state index is 13.2. The Kier molecular flexibility index (Phi) is 8.39. The minimum atomic E-state index is -1.59. The highest BCUT2D eigenvalue weighted by molar-refractivity contribution is 6.10. The number of fused-ring (bicyclic) bond motifs is 1. The molecule has 0 radical (unpaired) electrons. The van der Waals surface area contributed by atoms with Crippen LogP contribution in [0.25, 0.3) is 0 Å². The zero-order valence-corrected chi connectivity index (χ0v) is 22.4. The number of nitrogens with zero attached hydrogens (tertiary/aromatic N) is 3. The number of urea groups is 1. The molecule has 0 saturated carbocycles. The van der Waals surface area contributed by atoms with Crippen LogP contribution in [-0.4, -0.2) is 77.5 Å². The number of amidine groups is 1. The first-order valence-corrected chi connectivity index (χ1v) is 13.0. The van der Waals surface area contributed by atoms with Gasteiger partial charge < -0.3 is 25.1 Å². The lowest BCUT2D eigenvalue weighted by Gasteiger charge is -2.33. The summed E-state index contributed by atoms with van der Waals surface area (Å²) in [7, 11) is 1.57. The van der Waals surface area contributed by atoms with Crippen LogP contribution >= 0.6 is 0 Å². The summed E-state index contributed by atoms with van der Waals surface area (Å²) in [5.41, 5.74) is 1.15. The molecule has 2 heterocycles. The van der Waals surface area contributed by atoms with Gasteiger partial charge in [0.05, 0.1) is 13.7 Å². The number of hydrogen-bond donors (Lipinski definition) is 3. The molecule has 0 bridgehead atoms. The minimum Gasteiger partial charge on any atom is -0.497 e. The van der Waals surface area contributed by atoms with Crippen molar-refractivity contribution in [3.05, 3.63) is 64.7 Å². The molecule has 0 spiro atoms. The zero-order valence-electron chi connectivity index (χ0n) is 22.4. The molecular weight excluding hydrogens is 498 g/mol. The van der Waals surface area contributed by atoms with Crippen LogP contribution in [0.2, 0.25) is 0 Å². The van der Waals surface area contributed by atoms with Gasteiger partial charge in [0.2, 0.25) is 5.54 Å². The van der Waals surface area contributed by atoms with Gasteiger partial charge in [-0.25, -0.2) is 4.79 Å². The molecule has 2 aliphatic rings. The van der Waals surface area contributed by atoms with E-state index in [0.29, 0.717) is 35.7 Å². The number of ether oxygens (including phenoxy) is 1. The van der Waals surface area contributed by atoms with E-state index in [4.69, 9.17) is 4.74 Å². The van der Waals surface area contributed by atoms with Crippen LogP contribution in [0.1, 0.15) is 53.7 Å². The summed E-state index contributed by atoms with van der Waals surface area (Å²) in [5.74, 6) is 6.23. The third-order valence-corrected chi connectivity index (χ3v) is 6.80. The molecular formula is C29H33N5O5. The SMILES string of the molecule is CCCN(CCC)/C(=N/O)c1ccc(C#C[C@]2(CN3CCc4cc(OC)ccc4C3=O)NC(=O)NC2=O)cc1. The van der Waals surface area contributed by atoms with Crippen LogP contribution < -0.4 is 15.4 Å². The highest BCUT2D eigenvalue weighted by atomic mass is 16.5. The molecule has 0 aliphatic carbocycles. The van der Waals surface area contributed by atoms with Crippen molar-refractivity contribution < 1.29 is 24.3 Å². The Morgan fingerprint density at radius 1 is 1.13 bits per heavy atom. The van der Waals surface area contributed by atoms with E-state index in [1.807, 2.05) is 11.0 Å². The Morgan fingerprint density at radius 2 is 1.85 bits per heavy atom. The molecule has 10 nitrogen and oxygen atoms in total. The van der Waals surface area contributed by atoms with Gasteiger partial charge in [-0.05, 0) is 67.3 Å². The highest BCUT2D eigenvalue weighted by Gasteiger charge is 2.47. The number of carbonyl (C=O) groups excluding carboxylic acids is 3. The first kappa shape index (κ1) is 27.5. The maximum Gasteiger partial charge on any atom is 0.323 e. The quantitative estimate of drug-likeness (QED) is 0.120. The summed E-state index contributed by atoms with van der Waals surface area (Å²) in [4.78, 5) is 41.9. The molecule has 2 aromatic carbocycles. The van der Waals surface area contributed by atoms with Crippen molar-refractivity contribution in [2.24, 2.45) is 5.16 Å². The summed E-state index contributed by atoms with van der Waals surface area (Å²) in [5, 5.41) is 18.1. The van der Waals surface area contributed by atoms with Crippen LogP contribution in [0.3, 0.4) is 0 Å². The highest BCUT2D eigenvalue weighted by Crippen LogP contribution is 2.25. The number of oxime groups is 1. The maximum absolute atomic E-state index is 13.2. The number of rotatable bonds is 8. The number of hydrogen-bond acceptors (Lipinski definition) is 6. The van der Waals surface area contributed by atoms with Crippen molar-refractivity contribution in [3.63, 3.8) is 0 Å². The predicted octanol–water partition coefficient (Wildman–Crippen LogP) is 2.58. The fourth-order valence-electron chi connectivity index (χ4n) is 4.86. The summed E-state index contributed by atoms with van der Waals surface area (Å²) in [6.45, 7) is 5.94. The molecule has 2 aromatic rings. The van der Waals surface area contributed by atoms with E-state index < -0.39 is 17.5 Å². The summed E-state index contributed by atoms with van der Waals surface area (Å²) < 4.78 is 5.26. The van der Waals surface area contributed by atoms with Crippen LogP contribution in [0.4, 0.5) is 4.79 Å². The lowest BCUT2D eigenvalue weighted by atomic mass is 9.94. The Bertz CT molecular complexity index is 1340. The van der Waals surface area contributed by atoms with Gasteiger partial charge in [0.1, 0.15) is 5.75 Å². The van der Waals surface area contributed by atoms with Crippen molar-refractivity contribution in [1.29, 1.82) is 0 Å². The van der Waals surface area contributed by atoms with Gasteiger partial charge in [0.15, 0.2) is 5.84 Å². The van der Waals surface area contributed by atoms with Gasteiger partial charge in [-0.3, -0.25) is 14.9 Å². The molecule has 0 aromatic heterocycles. The largest absolute Gasteiger partial charge is 0.497 e. The first-order chi connectivity index (χ1) is 18.8. The minimum absolute atomic E-state index is 0.0930. The molecule has 1 fully saturated rings. The van der Waals surface area contributed by atoms with E-state index in [0.717, 1.165) is 37.1 Å². The average molecular weight is 532 g/mol. The monoisotopic (exact) mass is 531 g/mol. The summed E-state index contributed by atoms with van der Waals surface area (Å²) >= 11 is 0. The zero-order chi connectivity index (χ0) is 28.0. The van der Waals surface area contributed by atoms with Gasteiger partial charge in [0.25, 0.3) is 11.8 Å². The third kappa shape index (κ3) is 5.82. The Balaban J connectivity index is 1.57. The molecule has 3 N–H and O–H groups in total. The van der Waals surface area contributed by atoms with E-state index in [-0.39, 0.29) is 12.5 Å². The van der Waals surface area contributed by atoms with E-state index in [2.05, 4.69) is 41.5 Å². The van der Waals surface area contributed by atoms with Gasteiger partial charge in [0, 0.05) is 36.3 Å². The van der Waals surface area contributed by atoms with Crippen molar-refractivity contribution in [2.75, 3.05) is 33.3 Å². The molecule has 204 valence electrons. The van der Waals surface area contributed by atoms with Crippen molar-refractivity contribution in [2.45, 2.75) is 38.6 Å². The Labute approximate surface area is 228 Å². The summed E-state index contributed by atoms with van der Waals surface area (Å²) in [6, 6.07) is 11.7. The molecule has 2 aliphatic heterocycles.